The van der Waals surface area contributed by atoms with Gasteiger partial charge >= 0.3 is 13.2 Å². The molecule has 1 aliphatic heterocycles. The number of carbonyl (C=O) groups is 1. The van der Waals surface area contributed by atoms with Gasteiger partial charge in [0.05, 0.1) is 5.60 Å². The molecule has 0 aromatic heterocycles. The van der Waals surface area contributed by atoms with Crippen LogP contribution in [0.1, 0.15) is 41.5 Å². The quantitative estimate of drug-likeness (QED) is 0.501. The minimum absolute atomic E-state index is 0.391. The van der Waals surface area contributed by atoms with Crippen LogP contribution in [0.2, 0.25) is 0 Å². The van der Waals surface area contributed by atoms with Gasteiger partial charge in [0.1, 0.15) is 11.2 Å². The molecule has 0 aliphatic carbocycles. The number of para-hydroxylation sites is 1. The molecular weight excluding hydrogens is 339 g/mol. The summed E-state index contributed by atoms with van der Waals surface area (Å²) in [5.41, 5.74) is -1.60. The van der Waals surface area contributed by atoms with Gasteiger partial charge in [-0.15, -0.1) is 0 Å². The molecule has 1 aliphatic rings. The summed E-state index contributed by atoms with van der Waals surface area (Å²) in [5.74, 6) is 0. The van der Waals surface area contributed by atoms with E-state index < -0.39 is 41.5 Å². The molecule has 9 heteroatoms. The Morgan fingerprint density at radius 2 is 1.88 bits per heavy atom. The number of carbonyl (C=O) groups excluding carboxylic acids is 1. The molecule has 0 radical (unpaired) electrons. The maximum absolute atomic E-state index is 12.1. The van der Waals surface area contributed by atoms with Crippen molar-refractivity contribution in [2.24, 2.45) is 0 Å². The Morgan fingerprint density at radius 3 is 2.46 bits per heavy atom. The summed E-state index contributed by atoms with van der Waals surface area (Å²) < 4.78 is 17.2. The van der Waals surface area contributed by atoms with Crippen LogP contribution in [0.5, 0.6) is 0 Å². The highest BCUT2D eigenvalue weighted by Crippen LogP contribution is 2.37. The standard InChI is InChI=1S/C17H25BN2O6/c1-15(2,3)24-14(21)19-13-10-8-7-9-12(13)18-25-16(4,5)17(6,26-18)11-20(22)23/h7-10H,11H2,1-6H3,(H,19,21). The van der Waals surface area contributed by atoms with E-state index >= 15 is 0 Å². The Labute approximate surface area is 153 Å². The summed E-state index contributed by atoms with van der Waals surface area (Å²) in [7, 11) is -0.846. The number of ether oxygens (including phenoxy) is 1. The van der Waals surface area contributed by atoms with Crippen LogP contribution in [0.4, 0.5) is 10.5 Å². The highest BCUT2D eigenvalue weighted by atomic mass is 16.7. The predicted molar refractivity (Wildman–Crippen MR) is 98.2 cm³/mol. The van der Waals surface area contributed by atoms with Crippen LogP contribution < -0.4 is 10.8 Å². The maximum Gasteiger partial charge on any atom is 0.497 e. The van der Waals surface area contributed by atoms with Crippen LogP contribution in [0.15, 0.2) is 24.3 Å². The normalized spacial score (nSPS) is 22.2. The molecule has 1 aromatic carbocycles. The smallest absolute Gasteiger partial charge is 0.444 e. The average molecular weight is 364 g/mol. The first-order chi connectivity index (χ1) is 11.8. The largest absolute Gasteiger partial charge is 0.497 e. The van der Waals surface area contributed by atoms with E-state index in [2.05, 4.69) is 5.32 Å². The Hall–Kier alpha value is -2.13. The van der Waals surface area contributed by atoms with Gasteiger partial charge < -0.3 is 14.0 Å². The first-order valence-corrected chi connectivity index (χ1v) is 8.39. The van der Waals surface area contributed by atoms with Gasteiger partial charge in [-0.05, 0) is 47.6 Å². The number of rotatable bonds is 4. The van der Waals surface area contributed by atoms with Crippen molar-refractivity contribution in [3.8, 4) is 0 Å². The summed E-state index contributed by atoms with van der Waals surface area (Å²) in [4.78, 5) is 22.7. The molecule has 1 N–H and O–H groups in total. The van der Waals surface area contributed by atoms with E-state index in [1.165, 1.54) is 0 Å². The van der Waals surface area contributed by atoms with E-state index in [1.807, 2.05) is 0 Å². The third-order valence-corrected chi connectivity index (χ3v) is 4.32. The first-order valence-electron chi connectivity index (χ1n) is 8.39. The van der Waals surface area contributed by atoms with E-state index in [1.54, 1.807) is 65.8 Å². The maximum atomic E-state index is 12.1. The Bertz CT molecular complexity index is 703. The van der Waals surface area contributed by atoms with Crippen LogP contribution in [0.3, 0.4) is 0 Å². The fourth-order valence-electron chi connectivity index (χ4n) is 2.63. The van der Waals surface area contributed by atoms with Gasteiger partial charge in [0.25, 0.3) is 0 Å². The van der Waals surface area contributed by atoms with E-state index in [0.29, 0.717) is 11.2 Å². The molecule has 1 fully saturated rings. The molecule has 1 atom stereocenters. The Morgan fingerprint density at radius 1 is 1.27 bits per heavy atom. The molecule has 1 saturated heterocycles. The number of nitrogens with zero attached hydrogens (tertiary/aromatic N) is 1. The molecule has 26 heavy (non-hydrogen) atoms. The zero-order valence-electron chi connectivity index (χ0n) is 16.0. The number of amides is 1. The summed E-state index contributed by atoms with van der Waals surface area (Å²) in [6.07, 6.45) is -0.602. The lowest BCUT2D eigenvalue weighted by atomic mass is 9.78. The topological polar surface area (TPSA) is 99.9 Å². The van der Waals surface area contributed by atoms with E-state index in [0.717, 1.165) is 0 Å². The molecule has 0 bridgehead atoms. The summed E-state index contributed by atoms with van der Waals surface area (Å²) >= 11 is 0. The Balaban J connectivity index is 2.25. The van der Waals surface area contributed by atoms with Crippen LogP contribution in [-0.2, 0) is 14.0 Å². The molecule has 142 valence electrons. The van der Waals surface area contributed by atoms with Crippen LogP contribution in [-0.4, -0.2) is 41.5 Å². The lowest BCUT2D eigenvalue weighted by molar-refractivity contribution is -0.501. The van der Waals surface area contributed by atoms with E-state index in [-0.39, 0.29) is 0 Å². The minimum atomic E-state index is -1.11. The van der Waals surface area contributed by atoms with Gasteiger partial charge in [0.15, 0.2) is 0 Å². The summed E-state index contributed by atoms with van der Waals surface area (Å²) in [5, 5.41) is 13.7. The molecular formula is C17H25BN2O6. The summed E-state index contributed by atoms with van der Waals surface area (Å²) in [6, 6.07) is 6.97. The highest BCUT2D eigenvalue weighted by Gasteiger charge is 2.58. The second-order valence-electron chi connectivity index (χ2n) is 8.01. The van der Waals surface area contributed by atoms with Crippen molar-refractivity contribution in [3.63, 3.8) is 0 Å². The van der Waals surface area contributed by atoms with Crippen molar-refractivity contribution in [2.45, 2.75) is 58.3 Å². The number of hydrogen-bond acceptors (Lipinski definition) is 6. The van der Waals surface area contributed by atoms with E-state index in [4.69, 9.17) is 14.0 Å². The molecule has 8 nitrogen and oxygen atoms in total. The fraction of sp³-hybridized carbons (Fsp3) is 0.588. The molecule has 1 unspecified atom stereocenters. The number of hydrogen-bond donors (Lipinski definition) is 1. The second-order valence-corrected chi connectivity index (χ2v) is 8.01. The van der Waals surface area contributed by atoms with Gasteiger partial charge in [-0.1, -0.05) is 18.2 Å². The van der Waals surface area contributed by atoms with Crippen LogP contribution in [0.25, 0.3) is 0 Å². The number of anilines is 1. The van der Waals surface area contributed by atoms with Crippen molar-refractivity contribution >= 4 is 24.4 Å². The van der Waals surface area contributed by atoms with Gasteiger partial charge in [0.2, 0.25) is 6.54 Å². The van der Waals surface area contributed by atoms with Gasteiger partial charge in [-0.25, -0.2) is 4.79 Å². The fourth-order valence-corrected chi connectivity index (χ4v) is 2.63. The van der Waals surface area contributed by atoms with Gasteiger partial charge in [0, 0.05) is 16.1 Å². The summed E-state index contributed by atoms with van der Waals surface area (Å²) in [6.45, 7) is 10.1. The molecule has 2 rings (SSSR count). The second kappa shape index (κ2) is 6.88. The third-order valence-electron chi connectivity index (χ3n) is 4.32. The molecule has 1 aromatic rings. The van der Waals surface area contributed by atoms with Crippen LogP contribution >= 0.6 is 0 Å². The average Bonchev–Trinajstić information content (AvgIpc) is 2.66. The molecule has 0 spiro atoms. The van der Waals surface area contributed by atoms with Crippen molar-refractivity contribution in [2.75, 3.05) is 11.9 Å². The lowest BCUT2D eigenvalue weighted by Crippen LogP contribution is -2.50. The lowest BCUT2D eigenvalue weighted by Gasteiger charge is -2.32. The SMILES string of the molecule is CC(C)(C)OC(=O)Nc1ccccc1B1OC(C)(C)C(C)(C[N+](=O)[O-])O1. The molecule has 1 heterocycles. The zero-order valence-corrected chi connectivity index (χ0v) is 16.0. The monoisotopic (exact) mass is 364 g/mol. The van der Waals surface area contributed by atoms with Crippen molar-refractivity contribution in [1.82, 2.24) is 0 Å². The number of benzene rings is 1. The minimum Gasteiger partial charge on any atom is -0.444 e. The van der Waals surface area contributed by atoms with Gasteiger partial charge in [-0.2, -0.15) is 0 Å². The zero-order chi connectivity index (χ0) is 19.8. The third kappa shape index (κ3) is 4.53. The van der Waals surface area contributed by atoms with Crippen molar-refractivity contribution < 1.29 is 23.8 Å². The van der Waals surface area contributed by atoms with Crippen LogP contribution in [0, 0.1) is 10.1 Å². The van der Waals surface area contributed by atoms with E-state index in [9.17, 15) is 14.9 Å². The number of nitro groups is 1. The highest BCUT2D eigenvalue weighted by molar-refractivity contribution is 6.64. The molecule has 1 amide bonds. The predicted octanol–water partition coefficient (Wildman–Crippen LogP) is 2.59. The van der Waals surface area contributed by atoms with Crippen molar-refractivity contribution in [1.29, 1.82) is 0 Å². The molecule has 0 saturated carbocycles. The first kappa shape index (κ1) is 20.2. The number of nitrogens with one attached hydrogen (secondary N) is 1. The van der Waals surface area contributed by atoms with Crippen molar-refractivity contribution in [3.05, 3.63) is 34.4 Å². The Kier molecular flexibility index (Phi) is 5.35. The van der Waals surface area contributed by atoms with Gasteiger partial charge in [-0.3, -0.25) is 15.4 Å².